The van der Waals surface area contributed by atoms with Gasteiger partial charge in [0.25, 0.3) is 0 Å². The molecule has 1 aromatic carbocycles. The van der Waals surface area contributed by atoms with E-state index in [0.717, 1.165) is 18.7 Å². The molecule has 1 unspecified atom stereocenters. The van der Waals surface area contributed by atoms with Crippen LogP contribution in [0.25, 0.3) is 0 Å². The van der Waals surface area contributed by atoms with E-state index in [9.17, 15) is 0 Å². The van der Waals surface area contributed by atoms with Crippen molar-refractivity contribution in [1.29, 1.82) is 5.26 Å². The van der Waals surface area contributed by atoms with E-state index in [2.05, 4.69) is 61.1 Å². The zero-order valence-corrected chi connectivity index (χ0v) is 12.4. The molecule has 0 bridgehead atoms. The van der Waals surface area contributed by atoms with Gasteiger partial charge in [0.05, 0.1) is 11.6 Å². The van der Waals surface area contributed by atoms with Gasteiger partial charge in [0.2, 0.25) is 0 Å². The lowest BCUT2D eigenvalue weighted by Crippen LogP contribution is -2.21. The van der Waals surface area contributed by atoms with Crippen molar-refractivity contribution in [2.45, 2.75) is 33.4 Å². The van der Waals surface area contributed by atoms with Gasteiger partial charge in [0, 0.05) is 24.5 Å². The Hall–Kier alpha value is -2.05. The Morgan fingerprint density at radius 1 is 1.35 bits per heavy atom. The molecular formula is C17H21N3. The van der Waals surface area contributed by atoms with E-state index in [4.69, 9.17) is 5.26 Å². The van der Waals surface area contributed by atoms with Gasteiger partial charge in [-0.25, -0.2) is 0 Å². The minimum absolute atomic E-state index is 0.341. The number of aromatic nitrogens is 1. The van der Waals surface area contributed by atoms with E-state index < -0.39 is 0 Å². The van der Waals surface area contributed by atoms with Crippen molar-refractivity contribution in [2.75, 3.05) is 6.54 Å². The van der Waals surface area contributed by atoms with Gasteiger partial charge in [-0.15, -0.1) is 0 Å². The van der Waals surface area contributed by atoms with Crippen LogP contribution in [0.4, 0.5) is 0 Å². The standard InChI is InChI=1S/C17H21N3/c1-4-19-14(3)17-6-5-9-20(17)12-16-8-7-15(11-18)10-13(16)2/h5-10,14,19H,4,12H2,1-3H3. The first-order valence-electron chi connectivity index (χ1n) is 7.03. The van der Waals surface area contributed by atoms with Gasteiger partial charge in [0.1, 0.15) is 0 Å². The van der Waals surface area contributed by atoms with Crippen LogP contribution in [-0.2, 0) is 6.54 Å². The Morgan fingerprint density at radius 2 is 2.15 bits per heavy atom. The second-order valence-electron chi connectivity index (χ2n) is 5.09. The van der Waals surface area contributed by atoms with E-state index in [1.807, 2.05) is 12.1 Å². The third kappa shape index (κ3) is 3.09. The Kier molecular flexibility index (Phi) is 4.60. The number of benzene rings is 1. The summed E-state index contributed by atoms with van der Waals surface area (Å²) in [4.78, 5) is 0. The number of rotatable bonds is 5. The molecule has 104 valence electrons. The molecule has 0 aliphatic rings. The molecule has 0 aliphatic heterocycles. The van der Waals surface area contributed by atoms with Crippen LogP contribution in [0, 0.1) is 18.3 Å². The number of nitrogens with one attached hydrogen (secondary N) is 1. The van der Waals surface area contributed by atoms with Crippen LogP contribution >= 0.6 is 0 Å². The molecule has 0 spiro atoms. The molecule has 1 aromatic heterocycles. The van der Waals surface area contributed by atoms with Crippen LogP contribution in [0.3, 0.4) is 0 Å². The third-order valence-corrected chi connectivity index (χ3v) is 3.63. The number of nitriles is 1. The van der Waals surface area contributed by atoms with E-state index in [0.29, 0.717) is 6.04 Å². The van der Waals surface area contributed by atoms with Crippen molar-refractivity contribution in [3.8, 4) is 6.07 Å². The first kappa shape index (κ1) is 14.4. The molecule has 1 N–H and O–H groups in total. The molecule has 1 heterocycles. The average molecular weight is 267 g/mol. The maximum Gasteiger partial charge on any atom is 0.0991 e. The molecule has 2 rings (SSSR count). The lowest BCUT2D eigenvalue weighted by atomic mass is 10.1. The Morgan fingerprint density at radius 3 is 2.80 bits per heavy atom. The predicted molar refractivity (Wildman–Crippen MR) is 81.5 cm³/mol. The molecule has 0 radical (unpaired) electrons. The fourth-order valence-corrected chi connectivity index (χ4v) is 2.50. The normalized spacial score (nSPS) is 12.1. The fraction of sp³-hybridized carbons (Fsp3) is 0.353. The van der Waals surface area contributed by atoms with Crippen LogP contribution in [0.1, 0.15) is 42.3 Å². The maximum absolute atomic E-state index is 8.92. The first-order chi connectivity index (χ1) is 9.65. The summed E-state index contributed by atoms with van der Waals surface area (Å²) < 4.78 is 2.27. The number of hydrogen-bond acceptors (Lipinski definition) is 2. The minimum Gasteiger partial charge on any atom is -0.346 e. The van der Waals surface area contributed by atoms with Gasteiger partial charge in [-0.2, -0.15) is 5.26 Å². The van der Waals surface area contributed by atoms with Crippen molar-refractivity contribution in [3.05, 3.63) is 58.9 Å². The topological polar surface area (TPSA) is 40.8 Å². The molecule has 0 amide bonds. The summed E-state index contributed by atoms with van der Waals surface area (Å²) in [5.41, 5.74) is 4.43. The van der Waals surface area contributed by atoms with Crippen LogP contribution < -0.4 is 5.32 Å². The molecule has 3 heteroatoms. The van der Waals surface area contributed by atoms with Crippen molar-refractivity contribution in [2.24, 2.45) is 0 Å². The van der Waals surface area contributed by atoms with Gasteiger partial charge in [-0.05, 0) is 55.8 Å². The maximum atomic E-state index is 8.92. The highest BCUT2D eigenvalue weighted by Crippen LogP contribution is 2.18. The van der Waals surface area contributed by atoms with Crippen molar-refractivity contribution in [3.63, 3.8) is 0 Å². The minimum atomic E-state index is 0.341. The summed E-state index contributed by atoms with van der Waals surface area (Å²) >= 11 is 0. The molecule has 3 nitrogen and oxygen atoms in total. The third-order valence-electron chi connectivity index (χ3n) is 3.63. The van der Waals surface area contributed by atoms with Crippen molar-refractivity contribution < 1.29 is 0 Å². The molecule has 0 aliphatic carbocycles. The van der Waals surface area contributed by atoms with E-state index in [-0.39, 0.29) is 0 Å². The lowest BCUT2D eigenvalue weighted by molar-refractivity contribution is 0.553. The van der Waals surface area contributed by atoms with Gasteiger partial charge in [-0.1, -0.05) is 13.0 Å². The summed E-state index contributed by atoms with van der Waals surface area (Å²) in [6.07, 6.45) is 2.11. The van der Waals surface area contributed by atoms with Crippen molar-refractivity contribution >= 4 is 0 Å². The summed E-state index contributed by atoms with van der Waals surface area (Å²) in [6, 6.07) is 12.7. The number of nitrogens with zero attached hydrogens (tertiary/aromatic N) is 2. The average Bonchev–Trinajstić information content (AvgIpc) is 2.89. The Balaban J connectivity index is 2.23. The second kappa shape index (κ2) is 6.40. The summed E-state index contributed by atoms with van der Waals surface area (Å²) in [7, 11) is 0. The SMILES string of the molecule is CCNC(C)c1cccn1Cc1ccc(C#N)cc1C. The van der Waals surface area contributed by atoms with Gasteiger partial charge >= 0.3 is 0 Å². The smallest absolute Gasteiger partial charge is 0.0991 e. The number of hydrogen-bond donors (Lipinski definition) is 1. The second-order valence-corrected chi connectivity index (χ2v) is 5.09. The highest BCUT2D eigenvalue weighted by atomic mass is 15.0. The molecule has 1 atom stereocenters. The van der Waals surface area contributed by atoms with E-state index in [1.165, 1.54) is 16.8 Å². The molecular weight excluding hydrogens is 246 g/mol. The highest BCUT2D eigenvalue weighted by molar-refractivity contribution is 5.37. The van der Waals surface area contributed by atoms with Gasteiger partial charge in [0.15, 0.2) is 0 Å². The lowest BCUT2D eigenvalue weighted by Gasteiger charge is -2.17. The monoisotopic (exact) mass is 267 g/mol. The molecule has 2 aromatic rings. The van der Waals surface area contributed by atoms with Gasteiger partial charge in [-0.3, -0.25) is 0 Å². The van der Waals surface area contributed by atoms with E-state index in [1.54, 1.807) is 0 Å². The zero-order valence-electron chi connectivity index (χ0n) is 12.4. The Labute approximate surface area is 120 Å². The van der Waals surface area contributed by atoms with Crippen LogP contribution in [0.2, 0.25) is 0 Å². The molecule has 0 saturated heterocycles. The largest absolute Gasteiger partial charge is 0.346 e. The molecule has 0 fully saturated rings. The van der Waals surface area contributed by atoms with Crippen LogP contribution in [-0.4, -0.2) is 11.1 Å². The fourth-order valence-electron chi connectivity index (χ4n) is 2.50. The van der Waals surface area contributed by atoms with E-state index >= 15 is 0 Å². The predicted octanol–water partition coefficient (Wildman–Crippen LogP) is 3.39. The van der Waals surface area contributed by atoms with Gasteiger partial charge < -0.3 is 9.88 Å². The van der Waals surface area contributed by atoms with Crippen molar-refractivity contribution in [1.82, 2.24) is 9.88 Å². The quantitative estimate of drug-likeness (QED) is 0.902. The Bertz CT molecular complexity index is 619. The zero-order chi connectivity index (χ0) is 14.5. The van der Waals surface area contributed by atoms with Crippen LogP contribution in [0.5, 0.6) is 0 Å². The first-order valence-corrected chi connectivity index (χ1v) is 7.03. The summed E-state index contributed by atoms with van der Waals surface area (Å²) in [5.74, 6) is 0. The number of aryl methyl sites for hydroxylation is 1. The molecule has 0 saturated carbocycles. The highest BCUT2D eigenvalue weighted by Gasteiger charge is 2.10. The van der Waals surface area contributed by atoms with Crippen LogP contribution in [0.15, 0.2) is 36.5 Å². The summed E-state index contributed by atoms with van der Waals surface area (Å²) in [6.45, 7) is 8.17. The molecule has 20 heavy (non-hydrogen) atoms. The summed E-state index contributed by atoms with van der Waals surface area (Å²) in [5, 5.41) is 12.4.